The first-order valence-corrected chi connectivity index (χ1v) is 12.2. The van der Waals surface area contributed by atoms with Crippen LogP contribution in [-0.2, 0) is 19.4 Å². The van der Waals surface area contributed by atoms with Crippen molar-refractivity contribution >= 4 is 27.2 Å². The lowest BCUT2D eigenvalue weighted by molar-refractivity contribution is -0.117. The summed E-state index contributed by atoms with van der Waals surface area (Å²) in [4.78, 5) is 11.6. The minimum Gasteiger partial charge on any atom is -0.490 e. The number of sulfone groups is 1. The highest BCUT2D eigenvalue weighted by atomic mass is 35.5. The van der Waals surface area contributed by atoms with Crippen LogP contribution in [0.5, 0.6) is 5.75 Å². The molecule has 1 heterocycles. The maximum Gasteiger partial charge on any atom is 0.188 e. The number of halogens is 3. The molecular formula is C23H23ClF2O4S. The lowest BCUT2D eigenvalue weighted by Gasteiger charge is -2.50. The molecule has 2 aliphatic rings. The van der Waals surface area contributed by atoms with Gasteiger partial charge in [-0.05, 0) is 68.5 Å². The number of carbonyl (C=O) groups is 1. The first-order chi connectivity index (χ1) is 14.7. The van der Waals surface area contributed by atoms with Crippen LogP contribution in [0.2, 0.25) is 5.02 Å². The van der Waals surface area contributed by atoms with E-state index in [1.807, 2.05) is 0 Å². The zero-order chi connectivity index (χ0) is 22.4. The first-order valence-electron chi connectivity index (χ1n) is 10.3. The molecule has 0 bridgehead atoms. The van der Waals surface area contributed by atoms with E-state index in [2.05, 4.69) is 0 Å². The van der Waals surface area contributed by atoms with Gasteiger partial charge in [0.2, 0.25) is 0 Å². The molecule has 1 saturated carbocycles. The van der Waals surface area contributed by atoms with E-state index < -0.39 is 32.1 Å². The van der Waals surface area contributed by atoms with Gasteiger partial charge < -0.3 is 9.53 Å². The fraction of sp³-hybridized carbons (Fsp3) is 0.435. The number of Topliss-reactive ketones (excluding diaryl/α,β-unsaturated/α-hetero) is 1. The Labute approximate surface area is 185 Å². The molecule has 0 aromatic heterocycles. The molecule has 0 radical (unpaired) electrons. The van der Waals surface area contributed by atoms with Gasteiger partial charge >= 0.3 is 0 Å². The summed E-state index contributed by atoms with van der Waals surface area (Å²) in [5.41, 5.74) is -0.230. The van der Waals surface area contributed by atoms with Crippen molar-refractivity contribution in [2.45, 2.75) is 48.7 Å². The average Bonchev–Trinajstić information content (AvgIpc) is 2.74. The van der Waals surface area contributed by atoms with E-state index in [-0.39, 0.29) is 40.9 Å². The Morgan fingerprint density at radius 2 is 1.84 bits per heavy atom. The quantitative estimate of drug-likeness (QED) is 0.584. The van der Waals surface area contributed by atoms with Crippen LogP contribution in [0.4, 0.5) is 8.78 Å². The second-order valence-corrected chi connectivity index (χ2v) is 11.0. The fourth-order valence-corrected chi connectivity index (χ4v) is 7.82. The van der Waals surface area contributed by atoms with Gasteiger partial charge in [-0.25, -0.2) is 17.2 Å². The predicted octanol–water partition coefficient (Wildman–Crippen LogP) is 5.47. The average molecular weight is 469 g/mol. The number of benzene rings is 2. The minimum absolute atomic E-state index is 0.00521. The lowest BCUT2D eigenvalue weighted by Crippen LogP contribution is -2.54. The van der Waals surface area contributed by atoms with Crippen LogP contribution in [0.1, 0.15) is 44.6 Å². The van der Waals surface area contributed by atoms with E-state index in [1.165, 1.54) is 31.2 Å². The van der Waals surface area contributed by atoms with Gasteiger partial charge in [-0.2, -0.15) is 0 Å². The van der Waals surface area contributed by atoms with Crippen LogP contribution in [0, 0.1) is 23.5 Å². The van der Waals surface area contributed by atoms with Crippen LogP contribution in [-0.4, -0.2) is 20.8 Å². The Kier molecular flexibility index (Phi) is 5.85. The van der Waals surface area contributed by atoms with Crippen molar-refractivity contribution in [2.24, 2.45) is 11.8 Å². The van der Waals surface area contributed by atoms with Crippen LogP contribution in [0.25, 0.3) is 0 Å². The molecule has 0 unspecified atom stereocenters. The van der Waals surface area contributed by atoms with Crippen molar-refractivity contribution in [1.82, 2.24) is 0 Å². The lowest BCUT2D eigenvalue weighted by atomic mass is 9.66. The van der Waals surface area contributed by atoms with E-state index in [4.69, 9.17) is 16.3 Å². The molecule has 4 nitrogen and oxygen atoms in total. The van der Waals surface area contributed by atoms with Crippen molar-refractivity contribution in [3.8, 4) is 5.75 Å². The van der Waals surface area contributed by atoms with Gasteiger partial charge in [0.1, 0.15) is 16.3 Å². The highest BCUT2D eigenvalue weighted by molar-refractivity contribution is 7.92. The molecule has 1 aliphatic heterocycles. The van der Waals surface area contributed by atoms with Gasteiger partial charge in [0, 0.05) is 17.4 Å². The maximum atomic E-state index is 15.2. The normalized spacial score (nSPS) is 25.3. The fourth-order valence-electron chi connectivity index (χ4n) is 5.24. The van der Waals surface area contributed by atoms with E-state index >= 15 is 4.39 Å². The van der Waals surface area contributed by atoms with Gasteiger partial charge in [0.15, 0.2) is 21.4 Å². The Morgan fingerprint density at radius 3 is 2.52 bits per heavy atom. The zero-order valence-corrected chi connectivity index (χ0v) is 18.6. The summed E-state index contributed by atoms with van der Waals surface area (Å²) < 4.78 is 62.0. The molecule has 2 aromatic rings. The largest absolute Gasteiger partial charge is 0.490 e. The standard InChI is InChI=1S/C23H23ClF2O4S/c1-14(27)4-5-15-3-2-12-23(31(28,29)17-8-6-16(24)7-9-17)18(15)13-30-22-20(26)11-10-19(25)21(22)23/h6-11,15,18H,2-5,12-13H2,1H3/t15-,18-,23-/m0/s1. The van der Waals surface area contributed by atoms with Gasteiger partial charge in [0.05, 0.1) is 17.1 Å². The minimum atomic E-state index is -4.15. The van der Waals surface area contributed by atoms with E-state index in [9.17, 15) is 17.6 Å². The Morgan fingerprint density at radius 1 is 1.16 bits per heavy atom. The molecule has 8 heteroatoms. The highest BCUT2D eigenvalue weighted by Gasteiger charge is 2.60. The van der Waals surface area contributed by atoms with Crippen LogP contribution >= 0.6 is 11.6 Å². The van der Waals surface area contributed by atoms with Gasteiger partial charge in [-0.15, -0.1) is 0 Å². The summed E-state index contributed by atoms with van der Waals surface area (Å²) in [5.74, 6) is -2.69. The molecule has 0 spiro atoms. The molecule has 0 N–H and O–H groups in total. The zero-order valence-electron chi connectivity index (χ0n) is 17.0. The summed E-state index contributed by atoms with van der Waals surface area (Å²) in [6.07, 6.45) is 2.15. The molecule has 1 fully saturated rings. The SMILES string of the molecule is CC(=O)CC[C@@H]1CCC[C@@]2(S(=O)(=O)c3ccc(Cl)cc3)c3c(F)ccc(F)c3OC[C@@H]12. The molecule has 4 rings (SSSR count). The van der Waals surface area contributed by atoms with Crippen molar-refractivity contribution in [1.29, 1.82) is 0 Å². The molecule has 166 valence electrons. The van der Waals surface area contributed by atoms with E-state index in [1.54, 1.807) is 0 Å². The number of fused-ring (bicyclic) bond motifs is 3. The second kappa shape index (κ2) is 8.17. The van der Waals surface area contributed by atoms with Crippen molar-refractivity contribution in [3.63, 3.8) is 0 Å². The number of ketones is 1. The highest BCUT2D eigenvalue weighted by Crippen LogP contribution is 2.58. The third-order valence-electron chi connectivity index (χ3n) is 6.65. The van der Waals surface area contributed by atoms with Crippen molar-refractivity contribution < 1.29 is 26.7 Å². The topological polar surface area (TPSA) is 60.4 Å². The maximum absolute atomic E-state index is 15.2. The van der Waals surface area contributed by atoms with Crippen LogP contribution in [0.3, 0.4) is 0 Å². The van der Waals surface area contributed by atoms with Crippen molar-refractivity contribution in [2.75, 3.05) is 6.61 Å². The summed E-state index contributed by atoms with van der Waals surface area (Å²) in [7, 11) is -4.15. The third-order valence-corrected chi connectivity index (χ3v) is 9.47. The summed E-state index contributed by atoms with van der Waals surface area (Å²) in [6, 6.07) is 7.64. The van der Waals surface area contributed by atoms with Gasteiger partial charge in [-0.3, -0.25) is 0 Å². The Bertz CT molecular complexity index is 1120. The molecule has 0 saturated heterocycles. The summed E-state index contributed by atoms with van der Waals surface area (Å²) in [5, 5.41) is 0.376. The number of carbonyl (C=O) groups excluding carboxylic acids is 1. The molecular weight excluding hydrogens is 446 g/mol. The number of rotatable bonds is 5. The third kappa shape index (κ3) is 3.55. The molecule has 2 aromatic carbocycles. The van der Waals surface area contributed by atoms with Gasteiger partial charge in [0.25, 0.3) is 0 Å². The Balaban J connectivity index is 1.96. The van der Waals surface area contributed by atoms with Gasteiger partial charge in [-0.1, -0.05) is 18.0 Å². The number of hydrogen-bond donors (Lipinski definition) is 0. The number of hydrogen-bond acceptors (Lipinski definition) is 4. The summed E-state index contributed by atoms with van der Waals surface area (Å²) >= 11 is 5.95. The predicted molar refractivity (Wildman–Crippen MR) is 113 cm³/mol. The molecule has 31 heavy (non-hydrogen) atoms. The number of ether oxygens (including phenoxy) is 1. The van der Waals surface area contributed by atoms with Crippen LogP contribution < -0.4 is 4.74 Å². The second-order valence-electron chi connectivity index (χ2n) is 8.39. The van der Waals surface area contributed by atoms with Crippen molar-refractivity contribution in [3.05, 3.63) is 58.6 Å². The monoisotopic (exact) mass is 468 g/mol. The Hall–Kier alpha value is -1.99. The van der Waals surface area contributed by atoms with E-state index in [0.717, 1.165) is 12.1 Å². The molecule has 1 aliphatic carbocycles. The van der Waals surface area contributed by atoms with Crippen LogP contribution in [0.15, 0.2) is 41.3 Å². The molecule has 3 atom stereocenters. The van der Waals surface area contributed by atoms with E-state index in [0.29, 0.717) is 30.7 Å². The smallest absolute Gasteiger partial charge is 0.188 e. The molecule has 0 amide bonds. The first kappa shape index (κ1) is 22.2. The summed E-state index contributed by atoms with van der Waals surface area (Å²) in [6.45, 7) is 1.44.